The summed E-state index contributed by atoms with van der Waals surface area (Å²) >= 11 is 0. The molecule has 0 N–H and O–H groups in total. The van der Waals surface area contributed by atoms with Crippen molar-refractivity contribution >= 4 is 0 Å². The van der Waals surface area contributed by atoms with Crippen LogP contribution in [0.25, 0.3) is 0 Å². The average molecular weight is 218 g/mol. The van der Waals surface area contributed by atoms with Crippen LogP contribution < -0.4 is 0 Å². The third kappa shape index (κ3) is 35.8. The number of hydrogen-bond donors (Lipinski definition) is 0. The molecule has 1 aromatic carbocycles. The standard InChI is InChI=1S/C6H6.3CO.Fe/c1-2-4-6-5-3-1;3*1-2;/h1-6H;;;;. The van der Waals surface area contributed by atoms with Gasteiger partial charge in [-0.3, -0.25) is 0 Å². The summed E-state index contributed by atoms with van der Waals surface area (Å²) in [6.07, 6.45) is 0. The predicted molar refractivity (Wildman–Crippen MR) is 38.2 cm³/mol. The molecule has 0 amide bonds. The summed E-state index contributed by atoms with van der Waals surface area (Å²) < 4.78 is 22.5. The Labute approximate surface area is 87.8 Å². The molecule has 0 radical (unpaired) electrons. The second kappa shape index (κ2) is 44.2. The Morgan fingerprint density at radius 2 is 0.538 bits per heavy atom. The van der Waals surface area contributed by atoms with E-state index in [0.29, 0.717) is 0 Å². The molecule has 4 heteroatoms. The van der Waals surface area contributed by atoms with Gasteiger partial charge in [0.1, 0.15) is 0 Å². The molecule has 0 fully saturated rings. The molecule has 0 spiro atoms. The first-order chi connectivity index (χ1) is 6.00. The molecule has 0 aliphatic heterocycles. The van der Waals surface area contributed by atoms with Crippen molar-refractivity contribution in [2.75, 3.05) is 0 Å². The molecule has 1 rings (SSSR count). The van der Waals surface area contributed by atoms with Crippen LogP contribution in [-0.2, 0) is 31.0 Å². The van der Waals surface area contributed by atoms with E-state index in [1.165, 1.54) is 0 Å². The van der Waals surface area contributed by atoms with Gasteiger partial charge < -0.3 is 0 Å². The summed E-state index contributed by atoms with van der Waals surface area (Å²) in [5.41, 5.74) is 0. The van der Waals surface area contributed by atoms with Crippen LogP contribution in [-0.4, -0.2) is 0 Å². The Morgan fingerprint density at radius 1 is 0.462 bits per heavy atom. The second-order valence-corrected chi connectivity index (χ2v) is 1.15. The van der Waals surface area contributed by atoms with E-state index in [1.807, 2.05) is 36.4 Å². The minimum Gasteiger partial charge on any atom is -0.0623 e. The first kappa shape index (κ1) is 22.7. The maximum Gasteiger partial charge on any atom is 0 e. The zero-order valence-corrected chi connectivity index (χ0v) is 7.65. The van der Waals surface area contributed by atoms with Gasteiger partial charge in [-0.25, -0.2) is 0 Å². The fourth-order valence-corrected chi connectivity index (χ4v) is 0.385. The van der Waals surface area contributed by atoms with E-state index in [2.05, 4.69) is 20.0 Å². The summed E-state index contributed by atoms with van der Waals surface area (Å²) in [4.78, 5) is 0. The average Bonchev–Trinajstić information content (AvgIpc) is 2.29. The Hall–Kier alpha value is -1.04. The van der Waals surface area contributed by atoms with Crippen LogP contribution in [0.4, 0.5) is 0 Å². The van der Waals surface area contributed by atoms with Gasteiger partial charge in [-0.05, 0) is 0 Å². The molecule has 0 saturated carbocycles. The van der Waals surface area contributed by atoms with Crippen molar-refractivity contribution in [3.63, 3.8) is 0 Å². The molecule has 68 valence electrons. The number of rotatable bonds is 0. The predicted octanol–water partition coefficient (Wildman–Crippen LogP) is 1.57. The molecular formula is C9H6FeO3. The molecule has 0 aliphatic carbocycles. The first-order valence-corrected chi connectivity index (χ1v) is 2.61. The smallest absolute Gasteiger partial charge is 0 e. The van der Waals surface area contributed by atoms with E-state index in [9.17, 15) is 0 Å². The SMILES string of the molecule is [C-]#[O+].[C-]#[O+].[C-]#[O+].[Fe].c1ccccc1. The zero-order chi connectivity index (χ0) is 10.2. The maximum atomic E-state index is 7.50. The van der Waals surface area contributed by atoms with Crippen molar-refractivity contribution in [3.05, 3.63) is 56.3 Å². The topological polar surface area (TPSA) is 59.7 Å². The van der Waals surface area contributed by atoms with Crippen LogP contribution in [0.3, 0.4) is 0 Å². The van der Waals surface area contributed by atoms with Gasteiger partial charge in [0.2, 0.25) is 0 Å². The second-order valence-electron chi connectivity index (χ2n) is 1.15. The van der Waals surface area contributed by atoms with Crippen LogP contribution in [0.15, 0.2) is 36.4 Å². The minimum atomic E-state index is 0. The molecule has 0 heterocycles. The molecule has 0 aliphatic rings. The molecule has 0 saturated heterocycles. The van der Waals surface area contributed by atoms with E-state index >= 15 is 0 Å². The maximum absolute atomic E-state index is 7.50. The molecule has 0 aromatic heterocycles. The van der Waals surface area contributed by atoms with Crippen LogP contribution >= 0.6 is 0 Å². The van der Waals surface area contributed by atoms with Crippen LogP contribution in [0.5, 0.6) is 0 Å². The van der Waals surface area contributed by atoms with Crippen molar-refractivity contribution in [1.29, 1.82) is 0 Å². The van der Waals surface area contributed by atoms with Crippen molar-refractivity contribution < 1.29 is 31.0 Å². The summed E-state index contributed by atoms with van der Waals surface area (Å²) in [5.74, 6) is 0. The van der Waals surface area contributed by atoms with E-state index < -0.39 is 0 Å². The Kier molecular flexibility index (Phi) is 77.1. The van der Waals surface area contributed by atoms with Crippen LogP contribution in [0, 0.1) is 20.0 Å². The van der Waals surface area contributed by atoms with E-state index in [0.717, 1.165) is 0 Å². The molecular weight excluding hydrogens is 212 g/mol. The third-order valence-electron chi connectivity index (χ3n) is 0.667. The largest absolute Gasteiger partial charge is 0.0623 e. The fourth-order valence-electron chi connectivity index (χ4n) is 0.385. The molecule has 1 aromatic rings. The van der Waals surface area contributed by atoms with Gasteiger partial charge in [-0.15, -0.1) is 0 Å². The minimum absolute atomic E-state index is 0. The van der Waals surface area contributed by atoms with Crippen molar-refractivity contribution in [2.24, 2.45) is 0 Å². The molecule has 13 heavy (non-hydrogen) atoms. The van der Waals surface area contributed by atoms with E-state index in [4.69, 9.17) is 14.0 Å². The molecule has 0 atom stereocenters. The Bertz CT molecular complexity index is 162. The van der Waals surface area contributed by atoms with Crippen LogP contribution in [0.2, 0.25) is 0 Å². The van der Waals surface area contributed by atoms with Gasteiger partial charge >= 0.3 is 33.9 Å². The van der Waals surface area contributed by atoms with Gasteiger partial charge in [-0.2, -0.15) is 0 Å². The zero-order valence-electron chi connectivity index (χ0n) is 6.54. The number of benzene rings is 1. The van der Waals surface area contributed by atoms with Gasteiger partial charge in [0.15, 0.2) is 0 Å². The first-order valence-electron chi connectivity index (χ1n) is 2.61. The molecule has 0 bridgehead atoms. The van der Waals surface area contributed by atoms with E-state index in [-0.39, 0.29) is 17.1 Å². The van der Waals surface area contributed by atoms with Gasteiger partial charge in [0.25, 0.3) is 0 Å². The summed E-state index contributed by atoms with van der Waals surface area (Å²) in [6.45, 7) is 13.5. The normalized spacial score (nSPS) is 4.15. The summed E-state index contributed by atoms with van der Waals surface area (Å²) in [5, 5.41) is 0. The number of hydrogen-bond acceptors (Lipinski definition) is 0. The van der Waals surface area contributed by atoms with Gasteiger partial charge in [-0.1, -0.05) is 36.4 Å². The van der Waals surface area contributed by atoms with Crippen molar-refractivity contribution in [3.8, 4) is 0 Å². The monoisotopic (exact) mass is 218 g/mol. The Balaban J connectivity index is -0.0000000508. The van der Waals surface area contributed by atoms with Crippen LogP contribution in [0.1, 0.15) is 0 Å². The third-order valence-corrected chi connectivity index (χ3v) is 0.667. The van der Waals surface area contributed by atoms with Crippen molar-refractivity contribution in [2.45, 2.75) is 0 Å². The van der Waals surface area contributed by atoms with Gasteiger partial charge in [0.05, 0.1) is 0 Å². The summed E-state index contributed by atoms with van der Waals surface area (Å²) in [7, 11) is 0. The summed E-state index contributed by atoms with van der Waals surface area (Å²) in [6, 6.07) is 12.0. The molecule has 0 unspecified atom stereocenters. The quantitative estimate of drug-likeness (QED) is 0.360. The van der Waals surface area contributed by atoms with E-state index in [1.54, 1.807) is 0 Å². The fraction of sp³-hybridized carbons (Fsp3) is 0. The Morgan fingerprint density at radius 3 is 0.615 bits per heavy atom. The van der Waals surface area contributed by atoms with Gasteiger partial charge in [0, 0.05) is 17.1 Å². The van der Waals surface area contributed by atoms with Crippen molar-refractivity contribution in [1.82, 2.24) is 0 Å². The molecule has 3 nitrogen and oxygen atoms in total.